The first kappa shape index (κ1) is 19.8. The largest absolute Gasteiger partial charge is 0.483 e. The van der Waals surface area contributed by atoms with E-state index >= 15 is 0 Å². The Hall–Kier alpha value is -2.56. The predicted molar refractivity (Wildman–Crippen MR) is 103 cm³/mol. The molecule has 1 aromatic carbocycles. The van der Waals surface area contributed by atoms with E-state index in [0.717, 1.165) is 30.5 Å². The van der Waals surface area contributed by atoms with Crippen molar-refractivity contribution in [2.45, 2.75) is 52.7 Å². The van der Waals surface area contributed by atoms with Crippen LogP contribution >= 0.6 is 0 Å². The number of rotatable bonds is 9. The van der Waals surface area contributed by atoms with Crippen molar-refractivity contribution in [2.75, 3.05) is 0 Å². The summed E-state index contributed by atoms with van der Waals surface area (Å²) in [6, 6.07) is 11.3. The number of pyridine rings is 1. The first-order valence-electron chi connectivity index (χ1n) is 9.15. The smallest absolute Gasteiger partial charge is 0.224 e. The molecular weight excluding hydrogens is 328 g/mol. The van der Waals surface area contributed by atoms with Crippen molar-refractivity contribution in [3.8, 4) is 5.75 Å². The van der Waals surface area contributed by atoms with Gasteiger partial charge in [0.25, 0.3) is 0 Å². The number of unbranched alkanes of at least 4 members (excludes halogenated alkanes) is 2. The summed E-state index contributed by atoms with van der Waals surface area (Å²) in [5.74, 6) is 0.303. The maximum Gasteiger partial charge on any atom is 0.224 e. The third-order valence-corrected chi connectivity index (χ3v) is 4.45. The van der Waals surface area contributed by atoms with E-state index in [1.54, 1.807) is 6.07 Å². The second-order valence-corrected chi connectivity index (χ2v) is 6.49. The molecule has 0 radical (unpaired) electrons. The lowest BCUT2D eigenvalue weighted by molar-refractivity contribution is -0.121. The number of hydrogen-bond acceptors (Lipinski definition) is 3. The Kier molecular flexibility index (Phi) is 7.45. The van der Waals surface area contributed by atoms with Crippen molar-refractivity contribution in [1.29, 1.82) is 0 Å². The second kappa shape index (κ2) is 9.80. The zero-order valence-corrected chi connectivity index (χ0v) is 15.9. The molecule has 5 heteroatoms. The summed E-state index contributed by atoms with van der Waals surface area (Å²) in [7, 11) is 1.88. The molecule has 0 fully saturated rings. The maximum absolute atomic E-state index is 12.4. The van der Waals surface area contributed by atoms with Crippen LogP contribution in [0.2, 0.25) is 0 Å². The van der Waals surface area contributed by atoms with Crippen LogP contribution in [0.5, 0.6) is 5.75 Å². The fourth-order valence-electron chi connectivity index (χ4n) is 2.75. The lowest BCUT2D eigenvalue weighted by atomic mass is 10.2. The lowest BCUT2D eigenvalue weighted by Gasteiger charge is -2.17. The Morgan fingerprint density at radius 3 is 2.62 bits per heavy atom. The number of amides is 1. The van der Waals surface area contributed by atoms with E-state index in [1.165, 1.54) is 0 Å². The number of aryl methyl sites for hydroxylation is 1. The topological polar surface area (TPSA) is 60.3 Å². The van der Waals surface area contributed by atoms with Crippen molar-refractivity contribution in [2.24, 2.45) is 7.05 Å². The van der Waals surface area contributed by atoms with Gasteiger partial charge in [0.2, 0.25) is 11.3 Å². The number of nitrogens with zero attached hydrogens (tertiary/aromatic N) is 1. The van der Waals surface area contributed by atoms with Crippen molar-refractivity contribution in [3.63, 3.8) is 0 Å². The predicted octanol–water partition coefficient (Wildman–Crippen LogP) is 3.47. The fraction of sp³-hybridized carbons (Fsp3) is 0.429. The molecule has 0 unspecified atom stereocenters. The van der Waals surface area contributed by atoms with Gasteiger partial charge < -0.3 is 14.6 Å². The van der Waals surface area contributed by atoms with Crippen LogP contribution in [-0.4, -0.2) is 10.5 Å². The highest BCUT2D eigenvalue weighted by atomic mass is 16.5. The molecule has 0 aliphatic rings. The van der Waals surface area contributed by atoms with Gasteiger partial charge in [-0.3, -0.25) is 9.59 Å². The minimum absolute atomic E-state index is 0.00131. The molecule has 0 bridgehead atoms. The first-order valence-corrected chi connectivity index (χ1v) is 9.15. The van der Waals surface area contributed by atoms with Gasteiger partial charge in [-0.25, -0.2) is 0 Å². The van der Waals surface area contributed by atoms with Gasteiger partial charge >= 0.3 is 0 Å². The molecule has 0 atom stereocenters. The summed E-state index contributed by atoms with van der Waals surface area (Å²) in [6.45, 7) is 4.57. The van der Waals surface area contributed by atoms with E-state index < -0.39 is 0 Å². The molecule has 2 aromatic rings. The van der Waals surface area contributed by atoms with Crippen LogP contribution in [0.4, 0.5) is 0 Å². The third-order valence-electron chi connectivity index (χ3n) is 4.45. The minimum atomic E-state index is -0.160. The summed E-state index contributed by atoms with van der Waals surface area (Å²) in [5.41, 5.74) is 2.35. The number of aromatic nitrogens is 1. The van der Waals surface area contributed by atoms with Crippen molar-refractivity contribution in [3.05, 3.63) is 63.6 Å². The summed E-state index contributed by atoms with van der Waals surface area (Å²) in [5, 5.41) is 2.91. The Bertz CT molecular complexity index is 782. The molecule has 0 aliphatic carbocycles. The van der Waals surface area contributed by atoms with Gasteiger partial charge in [0, 0.05) is 25.2 Å². The van der Waals surface area contributed by atoms with Gasteiger partial charge in [-0.05, 0) is 18.9 Å². The molecule has 1 aromatic heterocycles. The Morgan fingerprint density at radius 2 is 1.92 bits per heavy atom. The monoisotopic (exact) mass is 356 g/mol. The molecule has 0 saturated carbocycles. The van der Waals surface area contributed by atoms with Crippen LogP contribution in [0, 0.1) is 6.92 Å². The molecule has 0 aliphatic heterocycles. The number of hydrogen-bond donors (Lipinski definition) is 1. The lowest BCUT2D eigenvalue weighted by Crippen LogP contribution is -2.27. The highest BCUT2D eigenvalue weighted by Gasteiger charge is 2.14. The average molecular weight is 356 g/mol. The molecule has 26 heavy (non-hydrogen) atoms. The van der Waals surface area contributed by atoms with Crippen LogP contribution < -0.4 is 15.5 Å². The molecule has 5 nitrogen and oxygen atoms in total. The standard InChI is InChI=1S/C21H28N2O3/c1-4-5-7-12-20(25)22-14-18-21(19(24)13-16(2)23(18)3)26-15-17-10-8-6-9-11-17/h6,8-11,13H,4-5,7,12,14-15H2,1-3H3,(H,22,25). The zero-order valence-electron chi connectivity index (χ0n) is 15.9. The average Bonchev–Trinajstić information content (AvgIpc) is 2.63. The van der Waals surface area contributed by atoms with Gasteiger partial charge in [-0.2, -0.15) is 0 Å². The highest BCUT2D eigenvalue weighted by molar-refractivity contribution is 5.75. The van der Waals surface area contributed by atoms with Crippen molar-refractivity contribution >= 4 is 5.91 Å². The molecular formula is C21H28N2O3. The van der Waals surface area contributed by atoms with Gasteiger partial charge in [0.1, 0.15) is 6.61 Å². The van der Waals surface area contributed by atoms with E-state index in [0.29, 0.717) is 24.5 Å². The normalized spacial score (nSPS) is 10.6. The molecule has 0 spiro atoms. The molecule has 2 rings (SSSR count). The van der Waals surface area contributed by atoms with Crippen molar-refractivity contribution in [1.82, 2.24) is 9.88 Å². The maximum atomic E-state index is 12.4. The SMILES string of the molecule is CCCCCC(=O)NCc1c(OCc2ccccc2)c(=O)cc(C)n1C. The van der Waals surface area contributed by atoms with E-state index in [1.807, 2.05) is 48.9 Å². The summed E-state index contributed by atoms with van der Waals surface area (Å²) < 4.78 is 7.73. The molecule has 0 saturated heterocycles. The summed E-state index contributed by atoms with van der Waals surface area (Å²) in [4.78, 5) is 24.5. The number of nitrogens with one attached hydrogen (secondary N) is 1. The minimum Gasteiger partial charge on any atom is -0.483 e. The van der Waals surface area contributed by atoms with E-state index in [9.17, 15) is 9.59 Å². The number of carbonyl (C=O) groups is 1. The van der Waals surface area contributed by atoms with E-state index in [-0.39, 0.29) is 17.9 Å². The van der Waals surface area contributed by atoms with Gasteiger partial charge in [-0.15, -0.1) is 0 Å². The van der Waals surface area contributed by atoms with E-state index in [4.69, 9.17) is 4.74 Å². The third kappa shape index (κ3) is 5.48. The fourth-order valence-corrected chi connectivity index (χ4v) is 2.75. The second-order valence-electron chi connectivity index (χ2n) is 6.49. The van der Waals surface area contributed by atoms with E-state index in [2.05, 4.69) is 12.2 Å². The van der Waals surface area contributed by atoms with Gasteiger partial charge in [0.15, 0.2) is 5.75 Å². The van der Waals surface area contributed by atoms with Crippen LogP contribution in [-0.2, 0) is 25.0 Å². The Labute approximate surface area is 155 Å². The summed E-state index contributed by atoms with van der Waals surface area (Å²) >= 11 is 0. The molecule has 1 amide bonds. The number of ether oxygens (including phenoxy) is 1. The zero-order chi connectivity index (χ0) is 18.9. The molecule has 140 valence electrons. The van der Waals surface area contributed by atoms with Crippen molar-refractivity contribution < 1.29 is 9.53 Å². The van der Waals surface area contributed by atoms with Crippen LogP contribution in [0.3, 0.4) is 0 Å². The first-order chi connectivity index (χ1) is 12.5. The quantitative estimate of drug-likeness (QED) is 0.700. The van der Waals surface area contributed by atoms with Crippen LogP contribution in [0.15, 0.2) is 41.2 Å². The van der Waals surface area contributed by atoms with Gasteiger partial charge in [0.05, 0.1) is 12.2 Å². The molecule has 1 heterocycles. The Balaban J connectivity index is 2.12. The molecule has 1 N–H and O–H groups in total. The van der Waals surface area contributed by atoms with Gasteiger partial charge in [-0.1, -0.05) is 50.1 Å². The highest BCUT2D eigenvalue weighted by Crippen LogP contribution is 2.16. The van der Waals surface area contributed by atoms with Crippen LogP contribution in [0.25, 0.3) is 0 Å². The number of carbonyl (C=O) groups excluding carboxylic acids is 1. The number of benzene rings is 1. The van der Waals surface area contributed by atoms with Crippen LogP contribution in [0.1, 0.15) is 49.6 Å². The summed E-state index contributed by atoms with van der Waals surface area (Å²) in [6.07, 6.45) is 3.51. The Morgan fingerprint density at radius 1 is 1.19 bits per heavy atom.